The van der Waals surface area contributed by atoms with E-state index in [0.717, 1.165) is 24.3 Å². The number of carbonyl (C=O) groups is 1. The summed E-state index contributed by atoms with van der Waals surface area (Å²) in [6, 6.07) is 9.28. The van der Waals surface area contributed by atoms with E-state index < -0.39 is 23.5 Å². The van der Waals surface area contributed by atoms with Gasteiger partial charge in [-0.1, -0.05) is 30.0 Å². The van der Waals surface area contributed by atoms with Crippen molar-refractivity contribution in [2.75, 3.05) is 6.54 Å². The number of halogens is 6. The second-order valence-corrected chi connectivity index (χ2v) is 6.67. The minimum Gasteiger partial charge on any atom is -0.345 e. The first kappa shape index (κ1) is 20.8. The molecule has 1 amide bonds. The Labute approximate surface area is 162 Å². The minimum atomic E-state index is -4.45. The third-order valence-electron chi connectivity index (χ3n) is 4.57. The highest BCUT2D eigenvalue weighted by Crippen LogP contribution is 2.47. The van der Waals surface area contributed by atoms with Crippen LogP contribution < -0.4 is 5.32 Å². The fourth-order valence-corrected chi connectivity index (χ4v) is 2.95. The number of carbonyl (C=O) groups excluding carboxylic acids is 1. The molecule has 152 valence electrons. The summed E-state index contributed by atoms with van der Waals surface area (Å²) in [6.07, 6.45) is -8.33. The Bertz CT molecular complexity index is 950. The Morgan fingerprint density at radius 2 is 1.62 bits per heavy atom. The quantitative estimate of drug-likeness (QED) is 0.559. The van der Waals surface area contributed by atoms with Gasteiger partial charge in [0.25, 0.3) is 0 Å². The molecule has 1 N–H and O–H groups in total. The van der Waals surface area contributed by atoms with E-state index >= 15 is 0 Å². The zero-order valence-electron chi connectivity index (χ0n) is 14.9. The molecule has 0 aromatic heterocycles. The van der Waals surface area contributed by atoms with Gasteiger partial charge in [-0.3, -0.25) is 4.79 Å². The predicted octanol–water partition coefficient (Wildman–Crippen LogP) is 5.00. The summed E-state index contributed by atoms with van der Waals surface area (Å²) in [4.78, 5) is 12.1. The van der Waals surface area contributed by atoms with E-state index in [1.54, 1.807) is 0 Å². The molecular formula is C21H15F6NO. The lowest BCUT2D eigenvalue weighted by Crippen LogP contribution is -2.25. The Hall–Kier alpha value is -2.95. The standard InChI is InChI=1S/C21H15F6NO/c22-20(23,24)15-8-6-14(7-9-15)17-12-18(17)19(29)28-10-2-4-13-3-1-5-16(11-13)21(25,26)27/h1,3,5-9,11,17-18H,10,12H2,(H,28,29). The number of rotatable bonds is 3. The van der Waals surface area contributed by atoms with E-state index in [-0.39, 0.29) is 29.9 Å². The van der Waals surface area contributed by atoms with E-state index in [9.17, 15) is 31.1 Å². The van der Waals surface area contributed by atoms with Gasteiger partial charge in [-0.15, -0.1) is 0 Å². The first-order valence-electron chi connectivity index (χ1n) is 8.67. The molecule has 3 rings (SSSR count). The number of nitrogens with one attached hydrogen (secondary N) is 1. The Morgan fingerprint density at radius 3 is 2.24 bits per heavy atom. The molecule has 1 aliphatic carbocycles. The molecule has 1 aliphatic rings. The van der Waals surface area contributed by atoms with Crippen molar-refractivity contribution in [3.63, 3.8) is 0 Å². The summed E-state index contributed by atoms with van der Waals surface area (Å²) < 4.78 is 75.7. The highest BCUT2D eigenvalue weighted by atomic mass is 19.4. The summed E-state index contributed by atoms with van der Waals surface area (Å²) in [5.74, 6) is 4.39. The Morgan fingerprint density at radius 1 is 0.966 bits per heavy atom. The summed E-state index contributed by atoms with van der Waals surface area (Å²) in [6.45, 7) is -0.0364. The first-order chi connectivity index (χ1) is 13.6. The van der Waals surface area contributed by atoms with E-state index in [4.69, 9.17) is 0 Å². The molecule has 0 spiro atoms. The third kappa shape index (κ3) is 5.31. The molecule has 0 radical (unpaired) electrons. The summed E-state index contributed by atoms with van der Waals surface area (Å²) in [5, 5.41) is 2.58. The fourth-order valence-electron chi connectivity index (χ4n) is 2.95. The molecule has 0 saturated heterocycles. The van der Waals surface area contributed by atoms with Crippen molar-refractivity contribution in [2.24, 2.45) is 5.92 Å². The van der Waals surface area contributed by atoms with Crippen LogP contribution in [-0.2, 0) is 17.1 Å². The maximum atomic E-state index is 12.7. The molecule has 2 aromatic rings. The van der Waals surface area contributed by atoms with Gasteiger partial charge < -0.3 is 5.32 Å². The molecule has 8 heteroatoms. The van der Waals surface area contributed by atoms with Crippen molar-refractivity contribution in [1.29, 1.82) is 0 Å². The van der Waals surface area contributed by atoms with Crippen molar-refractivity contribution >= 4 is 5.91 Å². The normalized spacial score (nSPS) is 18.6. The molecular weight excluding hydrogens is 396 g/mol. The van der Waals surface area contributed by atoms with Gasteiger partial charge in [0, 0.05) is 11.5 Å². The number of amides is 1. The molecule has 2 atom stereocenters. The van der Waals surface area contributed by atoms with Gasteiger partial charge in [0.1, 0.15) is 0 Å². The lowest BCUT2D eigenvalue weighted by Gasteiger charge is -2.07. The number of alkyl halides is 6. The van der Waals surface area contributed by atoms with Crippen LogP contribution in [0.4, 0.5) is 26.3 Å². The van der Waals surface area contributed by atoms with Crippen LogP contribution in [0.25, 0.3) is 0 Å². The molecule has 0 aliphatic heterocycles. The molecule has 2 nitrogen and oxygen atoms in total. The van der Waals surface area contributed by atoms with Gasteiger partial charge in [-0.2, -0.15) is 26.3 Å². The van der Waals surface area contributed by atoms with Gasteiger partial charge >= 0.3 is 12.4 Å². The van der Waals surface area contributed by atoms with Crippen LogP contribution in [0.5, 0.6) is 0 Å². The fraction of sp³-hybridized carbons (Fsp3) is 0.286. The minimum absolute atomic E-state index is 0.0364. The largest absolute Gasteiger partial charge is 0.416 e. The van der Waals surface area contributed by atoms with Gasteiger partial charge in [0.05, 0.1) is 17.7 Å². The predicted molar refractivity (Wildman–Crippen MR) is 93.6 cm³/mol. The van der Waals surface area contributed by atoms with E-state index in [1.165, 1.54) is 24.3 Å². The van der Waals surface area contributed by atoms with Crippen LogP contribution in [0.3, 0.4) is 0 Å². The number of hydrogen-bond donors (Lipinski definition) is 1. The van der Waals surface area contributed by atoms with Crippen LogP contribution in [-0.4, -0.2) is 12.5 Å². The molecule has 1 fully saturated rings. The average Bonchev–Trinajstić information content (AvgIpc) is 3.45. The Balaban J connectivity index is 1.51. The Kier molecular flexibility index (Phi) is 5.60. The van der Waals surface area contributed by atoms with E-state index in [0.29, 0.717) is 12.0 Å². The topological polar surface area (TPSA) is 29.1 Å². The second kappa shape index (κ2) is 7.82. The van der Waals surface area contributed by atoms with E-state index in [2.05, 4.69) is 17.2 Å². The highest BCUT2D eigenvalue weighted by molar-refractivity contribution is 5.83. The van der Waals surface area contributed by atoms with Gasteiger partial charge in [-0.05, 0) is 48.2 Å². The molecule has 1 saturated carbocycles. The lowest BCUT2D eigenvalue weighted by atomic mass is 10.1. The van der Waals surface area contributed by atoms with Crippen molar-refractivity contribution in [1.82, 2.24) is 5.32 Å². The van der Waals surface area contributed by atoms with Crippen molar-refractivity contribution in [3.05, 3.63) is 70.8 Å². The third-order valence-corrected chi connectivity index (χ3v) is 4.57. The number of hydrogen-bond acceptors (Lipinski definition) is 1. The van der Waals surface area contributed by atoms with Crippen molar-refractivity contribution in [3.8, 4) is 11.8 Å². The molecule has 0 bridgehead atoms. The van der Waals surface area contributed by atoms with E-state index in [1.807, 2.05) is 0 Å². The monoisotopic (exact) mass is 411 g/mol. The van der Waals surface area contributed by atoms with Gasteiger partial charge in [0.2, 0.25) is 5.91 Å². The van der Waals surface area contributed by atoms with Crippen LogP contribution >= 0.6 is 0 Å². The molecule has 2 aromatic carbocycles. The molecule has 29 heavy (non-hydrogen) atoms. The van der Waals surface area contributed by atoms with Crippen LogP contribution in [0, 0.1) is 17.8 Å². The van der Waals surface area contributed by atoms with Gasteiger partial charge in [0.15, 0.2) is 0 Å². The number of benzene rings is 2. The van der Waals surface area contributed by atoms with Crippen molar-refractivity contribution in [2.45, 2.75) is 24.7 Å². The van der Waals surface area contributed by atoms with Gasteiger partial charge in [-0.25, -0.2) is 0 Å². The SMILES string of the molecule is O=C(NCC#Cc1cccc(C(F)(F)F)c1)C1CC1c1ccc(C(F)(F)F)cc1. The van der Waals surface area contributed by atoms with Crippen molar-refractivity contribution < 1.29 is 31.1 Å². The highest BCUT2D eigenvalue weighted by Gasteiger charge is 2.44. The summed E-state index contributed by atoms with van der Waals surface area (Å²) in [7, 11) is 0. The van der Waals surface area contributed by atoms with Crippen LogP contribution in [0.2, 0.25) is 0 Å². The lowest BCUT2D eigenvalue weighted by molar-refractivity contribution is -0.138. The maximum absolute atomic E-state index is 12.7. The maximum Gasteiger partial charge on any atom is 0.416 e. The smallest absolute Gasteiger partial charge is 0.345 e. The van der Waals surface area contributed by atoms with Crippen LogP contribution in [0.15, 0.2) is 48.5 Å². The summed E-state index contributed by atoms with van der Waals surface area (Å²) >= 11 is 0. The zero-order chi connectivity index (χ0) is 21.2. The second-order valence-electron chi connectivity index (χ2n) is 6.67. The molecule has 2 unspecified atom stereocenters. The first-order valence-corrected chi connectivity index (χ1v) is 8.67. The zero-order valence-corrected chi connectivity index (χ0v) is 14.9. The summed E-state index contributed by atoms with van der Waals surface area (Å²) in [5.41, 5.74) is -0.699. The molecule has 0 heterocycles. The average molecular weight is 411 g/mol. The van der Waals surface area contributed by atoms with Crippen LogP contribution in [0.1, 0.15) is 34.6 Å².